The van der Waals surface area contributed by atoms with E-state index in [0.717, 1.165) is 32.1 Å². The number of hydrogen-bond acceptors (Lipinski definition) is 6. The van der Waals surface area contributed by atoms with E-state index >= 15 is 0 Å². The van der Waals surface area contributed by atoms with Crippen molar-refractivity contribution in [3.05, 3.63) is 29.3 Å². The maximum atomic E-state index is 12.7. The molecule has 0 unspecified atom stereocenters. The van der Waals surface area contributed by atoms with Gasteiger partial charge in [0.05, 0.1) is 10.5 Å². The van der Waals surface area contributed by atoms with Crippen LogP contribution >= 0.6 is 0 Å². The third-order valence-corrected chi connectivity index (χ3v) is 7.39. The highest BCUT2D eigenvalue weighted by Gasteiger charge is 2.25. The van der Waals surface area contributed by atoms with Gasteiger partial charge in [-0.2, -0.15) is 4.31 Å². The Morgan fingerprint density at radius 3 is 2.33 bits per heavy atom. The molecule has 2 amide bonds. The highest BCUT2D eigenvalue weighted by Crippen LogP contribution is 2.23. The van der Waals surface area contributed by atoms with Crippen LogP contribution in [0.1, 0.15) is 61.9 Å². The van der Waals surface area contributed by atoms with Crippen molar-refractivity contribution in [3.8, 4) is 0 Å². The number of benzene rings is 1. The lowest BCUT2D eigenvalue weighted by atomic mass is 9.89. The van der Waals surface area contributed by atoms with Gasteiger partial charge < -0.3 is 4.74 Å². The van der Waals surface area contributed by atoms with E-state index in [0.29, 0.717) is 18.7 Å². The summed E-state index contributed by atoms with van der Waals surface area (Å²) in [7, 11) is -3.73. The molecule has 0 radical (unpaired) electrons. The molecule has 0 atom stereocenters. The second-order valence-electron chi connectivity index (χ2n) is 7.39. The lowest BCUT2D eigenvalue weighted by Crippen LogP contribution is -2.39. The average molecular weight is 439 g/mol. The van der Waals surface area contributed by atoms with E-state index in [1.807, 2.05) is 0 Å². The Kier molecular flexibility index (Phi) is 8.54. The van der Waals surface area contributed by atoms with Crippen LogP contribution < -0.4 is 5.32 Å². The fourth-order valence-corrected chi connectivity index (χ4v) is 5.03. The average Bonchev–Trinajstić information content (AvgIpc) is 2.73. The fourth-order valence-electron chi connectivity index (χ4n) is 3.54. The van der Waals surface area contributed by atoms with E-state index in [1.165, 1.54) is 22.5 Å². The monoisotopic (exact) mass is 438 g/mol. The molecule has 1 aliphatic rings. The summed E-state index contributed by atoms with van der Waals surface area (Å²) < 4.78 is 31.7. The molecule has 0 heterocycles. The Bertz CT molecular complexity index is 887. The van der Waals surface area contributed by atoms with Gasteiger partial charge in [0.1, 0.15) is 0 Å². The number of rotatable bonds is 8. The minimum Gasteiger partial charge on any atom is -0.452 e. The largest absolute Gasteiger partial charge is 0.452 e. The minimum absolute atomic E-state index is 0.0133. The molecule has 1 N–H and O–H groups in total. The van der Waals surface area contributed by atoms with E-state index in [9.17, 15) is 22.8 Å². The lowest BCUT2D eigenvalue weighted by Gasteiger charge is -2.20. The molecule has 1 aromatic rings. The van der Waals surface area contributed by atoms with E-state index in [-0.39, 0.29) is 22.3 Å². The maximum absolute atomic E-state index is 12.7. The SMILES string of the molecule is CCN(CC)S(=O)(=O)c1ccc(C)c(C(=O)OCC(=O)NC(=O)C2CCCCC2)c1. The summed E-state index contributed by atoms with van der Waals surface area (Å²) >= 11 is 0. The van der Waals surface area contributed by atoms with Gasteiger partial charge in [0.15, 0.2) is 6.61 Å². The zero-order valence-electron chi connectivity index (χ0n) is 17.8. The molecular formula is C21H30N2O6S. The van der Waals surface area contributed by atoms with E-state index < -0.39 is 28.5 Å². The number of sulfonamides is 1. The number of nitrogens with zero attached hydrogens (tertiary/aromatic N) is 1. The number of nitrogens with one attached hydrogen (secondary N) is 1. The molecule has 9 heteroatoms. The van der Waals surface area contributed by atoms with Gasteiger partial charge in [-0.15, -0.1) is 0 Å². The summed E-state index contributed by atoms with van der Waals surface area (Å²) in [5.74, 6) is -2.02. The lowest BCUT2D eigenvalue weighted by molar-refractivity contribution is -0.135. The highest BCUT2D eigenvalue weighted by molar-refractivity contribution is 7.89. The molecule has 30 heavy (non-hydrogen) atoms. The molecule has 1 aromatic carbocycles. The van der Waals surface area contributed by atoms with Crippen LogP contribution in [0.4, 0.5) is 0 Å². The van der Waals surface area contributed by atoms with Crippen LogP contribution in [-0.4, -0.2) is 50.2 Å². The first-order chi connectivity index (χ1) is 14.2. The van der Waals surface area contributed by atoms with Crippen LogP contribution in [0.25, 0.3) is 0 Å². The zero-order chi connectivity index (χ0) is 22.3. The molecule has 1 saturated carbocycles. The van der Waals surface area contributed by atoms with Gasteiger partial charge in [-0.3, -0.25) is 14.9 Å². The molecular weight excluding hydrogens is 408 g/mol. The first-order valence-corrected chi connectivity index (χ1v) is 11.8. The van der Waals surface area contributed by atoms with Gasteiger partial charge in [-0.25, -0.2) is 13.2 Å². The molecule has 2 rings (SSSR count). The predicted molar refractivity (Wildman–Crippen MR) is 111 cm³/mol. The molecule has 1 fully saturated rings. The smallest absolute Gasteiger partial charge is 0.338 e. The number of aryl methyl sites for hydroxylation is 1. The normalized spacial score (nSPS) is 15.1. The number of esters is 1. The van der Waals surface area contributed by atoms with E-state index in [4.69, 9.17) is 4.74 Å². The molecule has 166 valence electrons. The van der Waals surface area contributed by atoms with Crippen LogP contribution in [0.3, 0.4) is 0 Å². The Morgan fingerprint density at radius 1 is 1.10 bits per heavy atom. The number of ether oxygens (including phenoxy) is 1. The summed E-state index contributed by atoms with van der Waals surface area (Å²) in [6.07, 6.45) is 4.54. The molecule has 0 spiro atoms. The van der Waals surface area contributed by atoms with Crippen LogP contribution in [0.2, 0.25) is 0 Å². The topological polar surface area (TPSA) is 110 Å². The standard InChI is InChI=1S/C21H30N2O6S/c1-4-23(5-2)30(27,28)17-12-11-15(3)18(13-17)21(26)29-14-19(24)22-20(25)16-9-7-6-8-10-16/h11-13,16H,4-10,14H2,1-3H3,(H,22,24,25). The number of carbonyl (C=O) groups excluding carboxylic acids is 3. The quantitative estimate of drug-likeness (QED) is 0.624. The summed E-state index contributed by atoms with van der Waals surface area (Å²) in [6, 6.07) is 4.23. The zero-order valence-corrected chi connectivity index (χ0v) is 18.6. The van der Waals surface area contributed by atoms with Gasteiger partial charge in [-0.05, 0) is 37.5 Å². The maximum Gasteiger partial charge on any atom is 0.338 e. The number of hydrogen-bond donors (Lipinski definition) is 1. The summed E-state index contributed by atoms with van der Waals surface area (Å²) in [5.41, 5.74) is 0.590. The van der Waals surface area contributed by atoms with Gasteiger partial charge >= 0.3 is 5.97 Å². The molecule has 0 aliphatic heterocycles. The predicted octanol–water partition coefficient (Wildman–Crippen LogP) is 2.41. The number of imide groups is 1. The first-order valence-electron chi connectivity index (χ1n) is 10.3. The van der Waals surface area contributed by atoms with Gasteiger partial charge in [0, 0.05) is 19.0 Å². The Labute approximate surface area is 178 Å². The second-order valence-corrected chi connectivity index (χ2v) is 9.33. The first kappa shape index (κ1) is 24.0. The molecule has 0 saturated heterocycles. The van der Waals surface area contributed by atoms with Crippen molar-refractivity contribution < 1.29 is 27.5 Å². The highest BCUT2D eigenvalue weighted by atomic mass is 32.2. The van der Waals surface area contributed by atoms with Gasteiger partial charge in [0.2, 0.25) is 15.9 Å². The van der Waals surface area contributed by atoms with Crippen LogP contribution in [0.5, 0.6) is 0 Å². The van der Waals surface area contributed by atoms with Crippen molar-refractivity contribution >= 4 is 27.8 Å². The summed E-state index contributed by atoms with van der Waals surface area (Å²) in [6.45, 7) is 5.12. The van der Waals surface area contributed by atoms with E-state index in [1.54, 1.807) is 20.8 Å². The van der Waals surface area contributed by atoms with Crippen LogP contribution in [-0.2, 0) is 24.3 Å². The number of carbonyl (C=O) groups is 3. The molecule has 8 nitrogen and oxygen atoms in total. The van der Waals surface area contributed by atoms with Crippen molar-refractivity contribution in [1.82, 2.24) is 9.62 Å². The van der Waals surface area contributed by atoms with Gasteiger partial charge in [0.25, 0.3) is 5.91 Å². The van der Waals surface area contributed by atoms with Crippen molar-refractivity contribution in [2.45, 2.75) is 57.8 Å². The van der Waals surface area contributed by atoms with Crippen molar-refractivity contribution in [2.24, 2.45) is 5.92 Å². The third kappa shape index (κ3) is 5.89. The van der Waals surface area contributed by atoms with Gasteiger partial charge in [-0.1, -0.05) is 39.2 Å². The molecule has 1 aliphatic carbocycles. The fraction of sp³-hybridized carbons (Fsp3) is 0.571. The molecule has 0 bridgehead atoms. The van der Waals surface area contributed by atoms with Crippen molar-refractivity contribution in [2.75, 3.05) is 19.7 Å². The van der Waals surface area contributed by atoms with E-state index in [2.05, 4.69) is 5.32 Å². The van der Waals surface area contributed by atoms with Crippen LogP contribution in [0.15, 0.2) is 23.1 Å². The second kappa shape index (κ2) is 10.7. The Hall–Kier alpha value is -2.26. The molecule has 0 aromatic heterocycles. The van der Waals surface area contributed by atoms with Crippen LogP contribution in [0, 0.1) is 12.8 Å². The summed E-state index contributed by atoms with van der Waals surface area (Å²) in [5, 5.41) is 2.28. The number of amides is 2. The Balaban J connectivity index is 2.02. The van der Waals surface area contributed by atoms with Crippen molar-refractivity contribution in [1.29, 1.82) is 0 Å². The summed E-state index contributed by atoms with van der Waals surface area (Å²) in [4.78, 5) is 36.5. The van der Waals surface area contributed by atoms with Crippen molar-refractivity contribution in [3.63, 3.8) is 0 Å². The Morgan fingerprint density at radius 2 is 1.73 bits per heavy atom. The third-order valence-electron chi connectivity index (χ3n) is 5.35. The minimum atomic E-state index is -3.73.